The Bertz CT molecular complexity index is 843. The Morgan fingerprint density at radius 3 is 2.56 bits per heavy atom. The van der Waals surface area contributed by atoms with Crippen LogP contribution in [0.3, 0.4) is 0 Å². The lowest BCUT2D eigenvalue weighted by molar-refractivity contribution is -0.190. The molecule has 1 amide bonds. The van der Waals surface area contributed by atoms with Gasteiger partial charge in [-0.3, -0.25) is 15.0 Å². The molecule has 1 fully saturated rings. The molecule has 0 saturated carbocycles. The number of β-lactam (4-membered cyclic amide) rings is 1. The van der Waals surface area contributed by atoms with Crippen LogP contribution in [-0.2, 0) is 9.59 Å². The molecule has 1 aromatic rings. The number of carboxylic acids is 1. The second-order valence-electron chi connectivity index (χ2n) is 6.92. The summed E-state index contributed by atoms with van der Waals surface area (Å²) in [5, 5.41) is 25.6. The molecule has 3 unspecified atom stereocenters. The Labute approximate surface area is 189 Å². The highest BCUT2D eigenvalue weighted by Crippen LogP contribution is 2.34. The number of dihydropyridines is 1. The maximum Gasteiger partial charge on any atom is 0.327 e. The van der Waals surface area contributed by atoms with Crippen LogP contribution in [0.5, 0.6) is 0 Å². The number of carbonyl (C=O) groups is 2. The number of allylic oxidation sites excluding steroid dienone is 2. The maximum atomic E-state index is 13.4. The van der Waals surface area contributed by atoms with Crippen molar-refractivity contribution >= 4 is 11.9 Å². The van der Waals surface area contributed by atoms with Gasteiger partial charge in [0.2, 0.25) is 5.91 Å². The summed E-state index contributed by atoms with van der Waals surface area (Å²) in [6.07, 6.45) is 2.22. The van der Waals surface area contributed by atoms with E-state index >= 15 is 0 Å². The first kappa shape index (κ1) is 27.1. The number of carbonyl (C=O) groups excluding carboxylic acids is 1. The fraction of sp³-hybridized carbons (Fsp3) is 0.478. The summed E-state index contributed by atoms with van der Waals surface area (Å²) < 4.78 is 13.4. The van der Waals surface area contributed by atoms with E-state index in [0.717, 1.165) is 10.5 Å². The third-order valence-corrected chi connectivity index (χ3v) is 4.98. The highest BCUT2D eigenvalue weighted by Gasteiger charge is 2.54. The van der Waals surface area contributed by atoms with E-state index in [1.54, 1.807) is 19.1 Å². The van der Waals surface area contributed by atoms with Crippen molar-refractivity contribution in [3.05, 3.63) is 59.2 Å². The third kappa shape index (κ3) is 6.54. The number of aliphatic carboxylic acids is 1. The standard InChI is InChI=1S/C19H23FN4O4.2C2H6/c1-10(12-3-2-4-13(20)9-12)23-19(28)24-16(18(26)27)14(17(24)25)7-11-5-6-22-15(21)8-11;2*1-2/h2-5,8-10,14,16,19,22-23,28H,6-7,21H2,1H3,(H,26,27);2*1-2H3/t10?,14-,16?,19?;;/m1../s1. The van der Waals surface area contributed by atoms with Crippen molar-refractivity contribution in [3.8, 4) is 0 Å². The largest absolute Gasteiger partial charge is 0.480 e. The average molecular weight is 451 g/mol. The Hall–Kier alpha value is -2.91. The van der Waals surface area contributed by atoms with Gasteiger partial charge in [0.05, 0.1) is 11.7 Å². The van der Waals surface area contributed by atoms with Crippen molar-refractivity contribution < 1.29 is 24.2 Å². The van der Waals surface area contributed by atoms with Crippen molar-refractivity contribution in [2.75, 3.05) is 6.54 Å². The molecule has 0 aromatic heterocycles. The Balaban J connectivity index is 0.00000121. The van der Waals surface area contributed by atoms with Gasteiger partial charge in [-0.15, -0.1) is 0 Å². The molecule has 2 heterocycles. The quantitative estimate of drug-likeness (QED) is 0.319. The summed E-state index contributed by atoms with van der Waals surface area (Å²) in [5.74, 6) is -2.42. The van der Waals surface area contributed by atoms with Crippen molar-refractivity contribution in [1.29, 1.82) is 0 Å². The zero-order valence-electron chi connectivity index (χ0n) is 19.3. The van der Waals surface area contributed by atoms with Crippen LogP contribution in [0.25, 0.3) is 0 Å². The predicted molar refractivity (Wildman–Crippen MR) is 121 cm³/mol. The zero-order valence-corrected chi connectivity index (χ0v) is 19.3. The fourth-order valence-electron chi connectivity index (χ4n) is 3.52. The number of nitrogens with one attached hydrogen (secondary N) is 2. The highest BCUT2D eigenvalue weighted by molar-refractivity contribution is 5.97. The van der Waals surface area contributed by atoms with Gasteiger partial charge in [0.1, 0.15) is 11.9 Å². The molecule has 0 spiro atoms. The number of hydrogen-bond donors (Lipinski definition) is 5. The van der Waals surface area contributed by atoms with E-state index in [0.29, 0.717) is 17.9 Å². The van der Waals surface area contributed by atoms with E-state index in [9.17, 15) is 24.2 Å². The van der Waals surface area contributed by atoms with Gasteiger partial charge < -0.3 is 21.3 Å². The summed E-state index contributed by atoms with van der Waals surface area (Å²) in [5.41, 5.74) is 7.05. The average Bonchev–Trinajstić information content (AvgIpc) is 2.78. The SMILES string of the molecule is CC.CC.CC(NC(O)N1C(=O)[C@H](CC2=CCNC(N)=C2)C1C(=O)O)c1cccc(F)c1. The van der Waals surface area contributed by atoms with Gasteiger partial charge in [0, 0.05) is 12.6 Å². The smallest absolute Gasteiger partial charge is 0.327 e. The Kier molecular flexibility index (Phi) is 10.9. The zero-order chi connectivity index (χ0) is 24.4. The number of aliphatic hydroxyl groups is 1. The number of aliphatic hydroxyl groups excluding tert-OH is 1. The second kappa shape index (κ2) is 12.8. The number of rotatable bonds is 7. The molecule has 0 radical (unpaired) electrons. The Morgan fingerprint density at radius 1 is 1.34 bits per heavy atom. The highest BCUT2D eigenvalue weighted by atomic mass is 19.1. The summed E-state index contributed by atoms with van der Waals surface area (Å²) >= 11 is 0. The van der Waals surface area contributed by atoms with Crippen LogP contribution in [0, 0.1) is 11.7 Å². The van der Waals surface area contributed by atoms with E-state index in [4.69, 9.17) is 5.73 Å². The van der Waals surface area contributed by atoms with Gasteiger partial charge in [-0.05, 0) is 42.7 Å². The third-order valence-electron chi connectivity index (χ3n) is 4.98. The fourth-order valence-corrected chi connectivity index (χ4v) is 3.52. The molecule has 3 rings (SSSR count). The van der Waals surface area contributed by atoms with Crippen molar-refractivity contribution in [2.24, 2.45) is 11.7 Å². The minimum absolute atomic E-state index is 0.223. The Morgan fingerprint density at radius 2 is 2.00 bits per heavy atom. The molecular weight excluding hydrogens is 415 g/mol. The summed E-state index contributed by atoms with van der Waals surface area (Å²) in [6.45, 7) is 10.2. The van der Waals surface area contributed by atoms with E-state index in [1.807, 2.05) is 33.8 Å². The molecule has 1 saturated heterocycles. The number of benzene rings is 1. The molecule has 8 nitrogen and oxygen atoms in total. The van der Waals surface area contributed by atoms with Gasteiger partial charge in [-0.2, -0.15) is 0 Å². The summed E-state index contributed by atoms with van der Waals surface area (Å²) in [6, 6.07) is 4.14. The molecule has 32 heavy (non-hydrogen) atoms. The summed E-state index contributed by atoms with van der Waals surface area (Å²) in [7, 11) is 0. The molecule has 2 aliphatic rings. The number of nitrogens with zero attached hydrogens (tertiary/aromatic N) is 1. The van der Waals surface area contributed by atoms with Gasteiger partial charge in [-0.1, -0.05) is 45.9 Å². The van der Waals surface area contributed by atoms with Gasteiger partial charge in [0.15, 0.2) is 6.35 Å². The molecular formula is C23H35FN4O4. The molecule has 2 aliphatic heterocycles. The predicted octanol–water partition coefficient (Wildman–Crippen LogP) is 2.44. The van der Waals surface area contributed by atoms with Crippen LogP contribution < -0.4 is 16.4 Å². The number of likely N-dealkylation sites (tertiary alicyclic amines) is 1. The summed E-state index contributed by atoms with van der Waals surface area (Å²) in [4.78, 5) is 25.2. The van der Waals surface area contributed by atoms with Crippen LogP contribution in [0.2, 0.25) is 0 Å². The van der Waals surface area contributed by atoms with Gasteiger partial charge >= 0.3 is 5.97 Å². The number of hydrogen-bond acceptors (Lipinski definition) is 6. The molecule has 4 atom stereocenters. The minimum Gasteiger partial charge on any atom is -0.480 e. The van der Waals surface area contributed by atoms with Gasteiger partial charge in [0.25, 0.3) is 0 Å². The molecule has 0 bridgehead atoms. The lowest BCUT2D eigenvalue weighted by Crippen LogP contribution is -2.70. The van der Waals surface area contributed by atoms with E-state index in [2.05, 4.69) is 10.6 Å². The van der Waals surface area contributed by atoms with Gasteiger partial charge in [-0.25, -0.2) is 9.18 Å². The van der Waals surface area contributed by atoms with Crippen LogP contribution in [0.15, 0.2) is 47.8 Å². The van der Waals surface area contributed by atoms with Crippen LogP contribution in [0.4, 0.5) is 4.39 Å². The number of halogens is 1. The molecule has 9 heteroatoms. The molecule has 1 aromatic carbocycles. The number of carboxylic acid groups (broad SMARTS) is 1. The van der Waals surface area contributed by atoms with Crippen LogP contribution in [-0.4, -0.2) is 45.9 Å². The molecule has 178 valence electrons. The van der Waals surface area contributed by atoms with E-state index < -0.39 is 42.0 Å². The first-order valence-electron chi connectivity index (χ1n) is 10.9. The second-order valence-corrected chi connectivity index (χ2v) is 6.92. The first-order valence-corrected chi connectivity index (χ1v) is 10.9. The van der Waals surface area contributed by atoms with E-state index in [-0.39, 0.29) is 6.42 Å². The van der Waals surface area contributed by atoms with E-state index in [1.165, 1.54) is 18.2 Å². The van der Waals surface area contributed by atoms with Crippen molar-refractivity contribution in [3.63, 3.8) is 0 Å². The monoisotopic (exact) mass is 450 g/mol. The topological polar surface area (TPSA) is 128 Å². The van der Waals surface area contributed by atoms with Crippen molar-refractivity contribution in [2.45, 2.75) is 59.5 Å². The first-order chi connectivity index (χ1) is 15.3. The van der Waals surface area contributed by atoms with Crippen LogP contribution in [0.1, 0.15) is 52.6 Å². The lowest BCUT2D eigenvalue weighted by Gasteiger charge is -2.47. The number of nitrogens with two attached hydrogens (primary N) is 1. The van der Waals surface area contributed by atoms with Crippen LogP contribution >= 0.6 is 0 Å². The lowest BCUT2D eigenvalue weighted by atomic mass is 9.81. The normalized spacial score (nSPS) is 21.2. The van der Waals surface area contributed by atoms with Crippen molar-refractivity contribution in [1.82, 2.24) is 15.5 Å². The number of amides is 1. The molecule has 6 N–H and O–H groups in total. The minimum atomic E-state index is -1.51. The molecule has 0 aliphatic carbocycles. The maximum absolute atomic E-state index is 13.4.